The van der Waals surface area contributed by atoms with Crippen LogP contribution in [0.3, 0.4) is 0 Å². The first kappa shape index (κ1) is 11.9. The van der Waals surface area contributed by atoms with Crippen LogP contribution in [-0.2, 0) is 0 Å². The van der Waals surface area contributed by atoms with Gasteiger partial charge in [-0.2, -0.15) is 0 Å². The molecule has 2 heterocycles. The summed E-state index contributed by atoms with van der Waals surface area (Å²) in [6.45, 7) is 3.85. The van der Waals surface area contributed by atoms with Gasteiger partial charge < -0.3 is 10.3 Å². The topological polar surface area (TPSA) is 77.8 Å². The number of aromatic nitrogens is 3. The van der Waals surface area contributed by atoms with Crippen LogP contribution in [0.1, 0.15) is 11.5 Å². The maximum Gasteiger partial charge on any atom is 0.203 e. The second-order valence-corrected chi connectivity index (χ2v) is 5.23. The third-order valence-corrected chi connectivity index (χ3v) is 3.70. The summed E-state index contributed by atoms with van der Waals surface area (Å²) >= 11 is 1.38. The monoisotopic (exact) mass is 272 g/mol. The van der Waals surface area contributed by atoms with E-state index >= 15 is 0 Å². The van der Waals surface area contributed by atoms with Crippen LogP contribution >= 0.6 is 11.3 Å². The van der Waals surface area contributed by atoms with Crippen molar-refractivity contribution in [2.45, 2.75) is 13.8 Å². The van der Waals surface area contributed by atoms with Gasteiger partial charge in [-0.1, -0.05) is 40.8 Å². The first-order chi connectivity index (χ1) is 9.15. The highest BCUT2D eigenvalue weighted by atomic mass is 32.1. The molecule has 2 aromatic heterocycles. The van der Waals surface area contributed by atoms with Crippen molar-refractivity contribution in [3.8, 4) is 21.7 Å². The van der Waals surface area contributed by atoms with Gasteiger partial charge >= 0.3 is 0 Å². The predicted octanol–water partition coefficient (Wildman–Crippen LogP) is 3.06. The largest absolute Gasteiger partial charge is 0.374 e. The standard InChI is InChI=1S/C13H12N4OS/c1-7-11(8(2)18-17-7)9-3-5-10(6-4-9)12-15-16-13(14)19-12/h3-6H,1-2H3,(H2,14,16). The second-order valence-electron chi connectivity index (χ2n) is 4.22. The zero-order chi connectivity index (χ0) is 13.4. The quantitative estimate of drug-likeness (QED) is 0.775. The summed E-state index contributed by atoms with van der Waals surface area (Å²) in [4.78, 5) is 0. The van der Waals surface area contributed by atoms with Gasteiger partial charge in [0.1, 0.15) is 10.8 Å². The van der Waals surface area contributed by atoms with Crippen molar-refractivity contribution < 1.29 is 4.52 Å². The van der Waals surface area contributed by atoms with E-state index in [1.165, 1.54) is 11.3 Å². The molecule has 5 nitrogen and oxygen atoms in total. The van der Waals surface area contributed by atoms with Gasteiger partial charge in [0.05, 0.1) is 5.69 Å². The molecule has 0 saturated heterocycles. The summed E-state index contributed by atoms with van der Waals surface area (Å²) in [5.41, 5.74) is 9.61. The van der Waals surface area contributed by atoms with Gasteiger partial charge in [-0.25, -0.2) is 0 Å². The summed E-state index contributed by atoms with van der Waals surface area (Å²) in [7, 11) is 0. The lowest BCUT2D eigenvalue weighted by atomic mass is 10.0. The fourth-order valence-corrected chi connectivity index (χ4v) is 2.64. The maximum atomic E-state index is 5.59. The summed E-state index contributed by atoms with van der Waals surface area (Å²) in [5, 5.41) is 13.1. The zero-order valence-electron chi connectivity index (χ0n) is 10.5. The minimum atomic E-state index is 0.477. The van der Waals surface area contributed by atoms with Crippen molar-refractivity contribution >= 4 is 16.5 Å². The van der Waals surface area contributed by atoms with Gasteiger partial charge in [0.2, 0.25) is 5.13 Å². The highest BCUT2D eigenvalue weighted by molar-refractivity contribution is 7.18. The van der Waals surface area contributed by atoms with E-state index in [0.717, 1.165) is 33.2 Å². The fraction of sp³-hybridized carbons (Fsp3) is 0.154. The van der Waals surface area contributed by atoms with Crippen LogP contribution in [0.25, 0.3) is 21.7 Å². The van der Waals surface area contributed by atoms with E-state index in [9.17, 15) is 0 Å². The predicted molar refractivity (Wildman–Crippen MR) is 74.7 cm³/mol. The van der Waals surface area contributed by atoms with Gasteiger partial charge in [0.25, 0.3) is 0 Å². The molecule has 6 heteroatoms. The lowest BCUT2D eigenvalue weighted by molar-refractivity contribution is 0.393. The molecule has 0 aliphatic carbocycles. The highest BCUT2D eigenvalue weighted by Crippen LogP contribution is 2.30. The Balaban J connectivity index is 2.00. The third kappa shape index (κ3) is 2.10. The number of rotatable bonds is 2. The average molecular weight is 272 g/mol. The van der Waals surface area contributed by atoms with E-state index in [0.29, 0.717) is 5.13 Å². The Labute approximate surface area is 114 Å². The molecule has 0 fully saturated rings. The number of nitrogens with zero attached hydrogens (tertiary/aromatic N) is 3. The lowest BCUT2D eigenvalue weighted by Crippen LogP contribution is -1.83. The molecule has 0 spiro atoms. The van der Waals surface area contributed by atoms with E-state index in [1.54, 1.807) is 0 Å². The number of benzene rings is 1. The Morgan fingerprint density at radius 1 is 1.05 bits per heavy atom. The molecule has 3 aromatic rings. The lowest BCUT2D eigenvalue weighted by Gasteiger charge is -2.01. The molecule has 2 N–H and O–H groups in total. The van der Waals surface area contributed by atoms with Crippen molar-refractivity contribution in [3.05, 3.63) is 35.7 Å². The summed E-state index contributed by atoms with van der Waals surface area (Å²) in [6, 6.07) is 8.06. The van der Waals surface area contributed by atoms with Crippen molar-refractivity contribution in [3.63, 3.8) is 0 Å². The van der Waals surface area contributed by atoms with Crippen molar-refractivity contribution in [2.75, 3.05) is 5.73 Å². The number of anilines is 1. The normalized spacial score (nSPS) is 10.8. The first-order valence-corrected chi connectivity index (χ1v) is 6.59. The molecule has 0 saturated carbocycles. The molecular formula is C13H12N4OS. The number of nitrogens with two attached hydrogens (primary N) is 1. The molecule has 3 rings (SSSR count). The number of aryl methyl sites for hydroxylation is 2. The van der Waals surface area contributed by atoms with Crippen molar-refractivity contribution in [1.82, 2.24) is 15.4 Å². The molecule has 0 amide bonds. The minimum absolute atomic E-state index is 0.477. The molecule has 0 aliphatic heterocycles. The zero-order valence-corrected chi connectivity index (χ0v) is 11.4. The van der Waals surface area contributed by atoms with Gasteiger partial charge in [0.15, 0.2) is 0 Å². The Morgan fingerprint density at radius 3 is 2.26 bits per heavy atom. The van der Waals surface area contributed by atoms with Crippen LogP contribution < -0.4 is 5.73 Å². The van der Waals surface area contributed by atoms with Crippen LogP contribution in [0.4, 0.5) is 5.13 Å². The van der Waals surface area contributed by atoms with Gasteiger partial charge in [-0.3, -0.25) is 0 Å². The molecule has 0 unspecified atom stereocenters. The smallest absolute Gasteiger partial charge is 0.203 e. The molecule has 96 valence electrons. The Kier molecular flexibility index (Phi) is 2.79. The summed E-state index contributed by atoms with van der Waals surface area (Å²) in [6.07, 6.45) is 0. The van der Waals surface area contributed by atoms with Crippen molar-refractivity contribution in [1.29, 1.82) is 0 Å². The summed E-state index contributed by atoms with van der Waals surface area (Å²) in [5.74, 6) is 0.824. The second kappa shape index (κ2) is 4.47. The molecular weight excluding hydrogens is 260 g/mol. The van der Waals surface area contributed by atoms with E-state index in [-0.39, 0.29) is 0 Å². The third-order valence-electron chi connectivity index (χ3n) is 2.89. The van der Waals surface area contributed by atoms with Gasteiger partial charge in [0, 0.05) is 11.1 Å². The Bertz CT molecular complexity index is 695. The number of hydrogen-bond acceptors (Lipinski definition) is 6. The minimum Gasteiger partial charge on any atom is -0.374 e. The van der Waals surface area contributed by atoms with E-state index < -0.39 is 0 Å². The highest BCUT2D eigenvalue weighted by Gasteiger charge is 2.12. The molecule has 19 heavy (non-hydrogen) atoms. The molecule has 0 radical (unpaired) electrons. The van der Waals surface area contributed by atoms with Crippen LogP contribution in [0.5, 0.6) is 0 Å². The SMILES string of the molecule is Cc1noc(C)c1-c1ccc(-c2nnc(N)s2)cc1. The molecule has 0 atom stereocenters. The molecule has 1 aromatic carbocycles. The van der Waals surface area contributed by atoms with Crippen LogP contribution in [-0.4, -0.2) is 15.4 Å². The Morgan fingerprint density at radius 2 is 1.74 bits per heavy atom. The average Bonchev–Trinajstić information content (AvgIpc) is 2.97. The van der Waals surface area contributed by atoms with Crippen LogP contribution in [0.15, 0.2) is 28.8 Å². The molecule has 0 aliphatic rings. The van der Waals surface area contributed by atoms with Crippen LogP contribution in [0, 0.1) is 13.8 Å². The van der Waals surface area contributed by atoms with E-state index in [1.807, 2.05) is 38.1 Å². The fourth-order valence-electron chi connectivity index (χ4n) is 2.03. The maximum absolute atomic E-state index is 5.59. The number of hydrogen-bond donors (Lipinski definition) is 1. The van der Waals surface area contributed by atoms with Gasteiger partial charge in [-0.05, 0) is 19.4 Å². The van der Waals surface area contributed by atoms with Crippen LogP contribution in [0.2, 0.25) is 0 Å². The molecule has 0 bridgehead atoms. The first-order valence-electron chi connectivity index (χ1n) is 5.78. The van der Waals surface area contributed by atoms with Crippen molar-refractivity contribution in [2.24, 2.45) is 0 Å². The number of nitrogen functional groups attached to an aromatic ring is 1. The van der Waals surface area contributed by atoms with Gasteiger partial charge in [-0.15, -0.1) is 10.2 Å². The Hall–Kier alpha value is -2.21. The van der Waals surface area contributed by atoms with E-state index in [2.05, 4.69) is 15.4 Å². The summed E-state index contributed by atoms with van der Waals surface area (Å²) < 4.78 is 5.18. The van der Waals surface area contributed by atoms with E-state index in [4.69, 9.17) is 10.3 Å².